The number of hydrogen-bond acceptors (Lipinski definition) is 5. The average molecular weight is 328 g/mol. The SMILES string of the molecule is NNC1C[C@H](OCc2ccccc2)[C@@H](COCc2ccccc2)O1. The summed E-state index contributed by atoms with van der Waals surface area (Å²) in [5, 5.41) is 0. The minimum atomic E-state index is -0.198. The minimum Gasteiger partial charge on any atom is -0.374 e. The second-order valence-corrected chi connectivity index (χ2v) is 5.90. The van der Waals surface area contributed by atoms with Crippen molar-refractivity contribution >= 4 is 0 Å². The lowest BCUT2D eigenvalue weighted by molar-refractivity contribution is -0.0751. The van der Waals surface area contributed by atoms with Gasteiger partial charge in [-0.3, -0.25) is 5.84 Å². The van der Waals surface area contributed by atoms with Crippen LogP contribution in [0.25, 0.3) is 0 Å². The molecule has 0 bridgehead atoms. The molecule has 0 saturated carbocycles. The predicted octanol–water partition coefficient (Wildman–Crippen LogP) is 2.37. The monoisotopic (exact) mass is 328 g/mol. The van der Waals surface area contributed by atoms with Crippen molar-refractivity contribution in [2.75, 3.05) is 6.61 Å². The van der Waals surface area contributed by atoms with Crippen molar-refractivity contribution in [3.63, 3.8) is 0 Å². The summed E-state index contributed by atoms with van der Waals surface area (Å²) >= 11 is 0. The molecule has 0 aliphatic carbocycles. The molecule has 1 heterocycles. The van der Waals surface area contributed by atoms with E-state index in [9.17, 15) is 0 Å². The molecule has 5 nitrogen and oxygen atoms in total. The first-order valence-electron chi connectivity index (χ1n) is 8.24. The highest BCUT2D eigenvalue weighted by Gasteiger charge is 2.35. The van der Waals surface area contributed by atoms with E-state index in [0.717, 1.165) is 11.1 Å². The van der Waals surface area contributed by atoms with E-state index in [1.54, 1.807) is 0 Å². The molecule has 1 aliphatic rings. The Morgan fingerprint density at radius 1 is 0.958 bits per heavy atom. The van der Waals surface area contributed by atoms with Crippen LogP contribution in [0.15, 0.2) is 60.7 Å². The van der Waals surface area contributed by atoms with Crippen molar-refractivity contribution in [2.45, 2.75) is 38.1 Å². The van der Waals surface area contributed by atoms with E-state index in [1.165, 1.54) is 0 Å². The molecule has 2 aromatic rings. The molecule has 0 aromatic heterocycles. The van der Waals surface area contributed by atoms with Gasteiger partial charge < -0.3 is 14.2 Å². The van der Waals surface area contributed by atoms with Gasteiger partial charge in [0.15, 0.2) is 0 Å². The number of nitrogens with two attached hydrogens (primary N) is 1. The molecule has 0 amide bonds. The zero-order valence-electron chi connectivity index (χ0n) is 13.6. The molecule has 0 radical (unpaired) electrons. The fourth-order valence-corrected chi connectivity index (χ4v) is 2.79. The number of hydrogen-bond donors (Lipinski definition) is 2. The molecule has 5 heteroatoms. The van der Waals surface area contributed by atoms with Crippen molar-refractivity contribution in [2.24, 2.45) is 5.84 Å². The average Bonchev–Trinajstić information content (AvgIpc) is 3.04. The summed E-state index contributed by atoms with van der Waals surface area (Å²) in [6.45, 7) is 1.60. The molecule has 2 aromatic carbocycles. The first kappa shape index (κ1) is 17.1. The fraction of sp³-hybridized carbons (Fsp3) is 0.368. The van der Waals surface area contributed by atoms with E-state index in [0.29, 0.717) is 26.2 Å². The van der Waals surface area contributed by atoms with Gasteiger partial charge in [-0.2, -0.15) is 0 Å². The van der Waals surface area contributed by atoms with Crippen LogP contribution in [0.2, 0.25) is 0 Å². The van der Waals surface area contributed by atoms with E-state index in [2.05, 4.69) is 17.6 Å². The Hall–Kier alpha value is -1.76. The predicted molar refractivity (Wildman–Crippen MR) is 91.7 cm³/mol. The summed E-state index contributed by atoms with van der Waals surface area (Å²) in [5.41, 5.74) is 4.96. The van der Waals surface area contributed by atoms with Gasteiger partial charge in [-0.05, 0) is 11.1 Å². The van der Waals surface area contributed by atoms with Crippen molar-refractivity contribution in [1.82, 2.24) is 5.43 Å². The van der Waals surface area contributed by atoms with Crippen molar-refractivity contribution < 1.29 is 14.2 Å². The Bertz CT molecular complexity index is 594. The van der Waals surface area contributed by atoms with Gasteiger partial charge in [0.25, 0.3) is 0 Å². The molecule has 0 spiro atoms. The first-order chi connectivity index (χ1) is 11.8. The Morgan fingerprint density at radius 3 is 2.21 bits per heavy atom. The Balaban J connectivity index is 1.49. The number of benzene rings is 2. The van der Waals surface area contributed by atoms with Gasteiger partial charge in [0.05, 0.1) is 25.9 Å². The molecule has 1 fully saturated rings. The summed E-state index contributed by atoms with van der Waals surface area (Å²) in [7, 11) is 0. The van der Waals surface area contributed by atoms with Gasteiger partial charge in [0.1, 0.15) is 12.3 Å². The zero-order valence-corrected chi connectivity index (χ0v) is 13.6. The van der Waals surface area contributed by atoms with Gasteiger partial charge in [0.2, 0.25) is 0 Å². The first-order valence-corrected chi connectivity index (χ1v) is 8.24. The third-order valence-corrected chi connectivity index (χ3v) is 4.09. The standard InChI is InChI=1S/C19H24N2O3/c20-21-19-11-17(23-13-16-9-5-2-6-10-16)18(24-19)14-22-12-15-7-3-1-4-8-15/h1-10,17-19,21H,11-14,20H2/t17-,18+,19?/m0/s1. The van der Waals surface area contributed by atoms with E-state index in [-0.39, 0.29) is 18.4 Å². The summed E-state index contributed by atoms with van der Waals surface area (Å²) in [6, 6.07) is 20.2. The lowest BCUT2D eigenvalue weighted by Gasteiger charge is -2.19. The van der Waals surface area contributed by atoms with Crippen LogP contribution < -0.4 is 11.3 Å². The topological polar surface area (TPSA) is 65.7 Å². The van der Waals surface area contributed by atoms with Gasteiger partial charge in [-0.1, -0.05) is 60.7 Å². The molecule has 1 saturated heterocycles. The largest absolute Gasteiger partial charge is 0.374 e. The molecular weight excluding hydrogens is 304 g/mol. The highest BCUT2D eigenvalue weighted by atomic mass is 16.6. The number of nitrogens with one attached hydrogen (secondary N) is 1. The highest BCUT2D eigenvalue weighted by Crippen LogP contribution is 2.23. The van der Waals surface area contributed by atoms with E-state index in [1.807, 2.05) is 48.5 Å². The van der Waals surface area contributed by atoms with Crippen LogP contribution in [-0.4, -0.2) is 25.0 Å². The summed E-state index contributed by atoms with van der Waals surface area (Å²) in [5.74, 6) is 5.51. The van der Waals surface area contributed by atoms with Crippen LogP contribution in [-0.2, 0) is 27.4 Å². The molecule has 128 valence electrons. The van der Waals surface area contributed by atoms with Crippen LogP contribution in [0.5, 0.6) is 0 Å². The van der Waals surface area contributed by atoms with Crippen LogP contribution in [0.1, 0.15) is 17.5 Å². The van der Waals surface area contributed by atoms with Crippen LogP contribution in [0.3, 0.4) is 0 Å². The molecule has 3 rings (SSSR count). The van der Waals surface area contributed by atoms with Gasteiger partial charge in [-0.25, -0.2) is 5.43 Å². The normalized spacial score (nSPS) is 23.5. The third kappa shape index (κ3) is 4.87. The summed E-state index contributed by atoms with van der Waals surface area (Å²) in [4.78, 5) is 0. The highest BCUT2D eigenvalue weighted by molar-refractivity contribution is 5.14. The molecule has 1 unspecified atom stereocenters. The smallest absolute Gasteiger partial charge is 0.123 e. The summed E-state index contributed by atoms with van der Waals surface area (Å²) in [6.07, 6.45) is 0.347. The van der Waals surface area contributed by atoms with Crippen molar-refractivity contribution in [1.29, 1.82) is 0 Å². The Morgan fingerprint density at radius 2 is 1.58 bits per heavy atom. The molecule has 1 aliphatic heterocycles. The van der Waals surface area contributed by atoms with Crippen molar-refractivity contribution in [3.05, 3.63) is 71.8 Å². The van der Waals surface area contributed by atoms with Crippen LogP contribution in [0, 0.1) is 0 Å². The maximum atomic E-state index is 6.04. The van der Waals surface area contributed by atoms with E-state index < -0.39 is 0 Å². The molecule has 3 N–H and O–H groups in total. The van der Waals surface area contributed by atoms with Gasteiger partial charge >= 0.3 is 0 Å². The second kappa shape index (κ2) is 8.92. The maximum Gasteiger partial charge on any atom is 0.123 e. The molecular formula is C19H24N2O3. The lowest BCUT2D eigenvalue weighted by Crippen LogP contribution is -2.35. The van der Waals surface area contributed by atoms with Crippen LogP contribution >= 0.6 is 0 Å². The van der Waals surface area contributed by atoms with E-state index in [4.69, 9.17) is 20.1 Å². The Kier molecular flexibility index (Phi) is 6.34. The van der Waals surface area contributed by atoms with E-state index >= 15 is 0 Å². The Labute approximate surface area is 142 Å². The maximum absolute atomic E-state index is 6.04. The number of ether oxygens (including phenoxy) is 3. The number of rotatable bonds is 8. The summed E-state index contributed by atoms with van der Waals surface area (Å²) < 4.78 is 17.7. The molecule has 3 atom stereocenters. The quantitative estimate of drug-likeness (QED) is 0.575. The van der Waals surface area contributed by atoms with Crippen LogP contribution in [0.4, 0.5) is 0 Å². The van der Waals surface area contributed by atoms with Gasteiger partial charge in [-0.15, -0.1) is 0 Å². The van der Waals surface area contributed by atoms with Crippen molar-refractivity contribution in [3.8, 4) is 0 Å². The lowest BCUT2D eigenvalue weighted by atomic mass is 10.1. The number of hydrazine groups is 1. The van der Waals surface area contributed by atoms with Gasteiger partial charge in [0, 0.05) is 6.42 Å². The minimum absolute atomic E-state index is 0.0398. The second-order valence-electron chi connectivity index (χ2n) is 5.90. The zero-order chi connectivity index (χ0) is 16.6. The third-order valence-electron chi connectivity index (χ3n) is 4.09. The fourth-order valence-electron chi connectivity index (χ4n) is 2.79. The molecule has 24 heavy (non-hydrogen) atoms.